The highest BCUT2D eigenvalue weighted by molar-refractivity contribution is 7.99. The van der Waals surface area contributed by atoms with Crippen LogP contribution in [0.15, 0.2) is 40.1 Å². The van der Waals surface area contributed by atoms with Gasteiger partial charge in [-0.3, -0.25) is 9.10 Å². The first kappa shape index (κ1) is 17.9. The van der Waals surface area contributed by atoms with Crippen molar-refractivity contribution in [2.24, 2.45) is 0 Å². The summed E-state index contributed by atoms with van der Waals surface area (Å²) < 4.78 is 52.1. The van der Waals surface area contributed by atoms with Gasteiger partial charge in [0.15, 0.2) is 5.78 Å². The van der Waals surface area contributed by atoms with Crippen LogP contribution in [0.5, 0.6) is 0 Å². The molecular formula is C17H15F2NO3S2. The largest absolute Gasteiger partial charge is 0.294 e. The molecule has 0 aromatic heterocycles. The Morgan fingerprint density at radius 3 is 2.44 bits per heavy atom. The van der Waals surface area contributed by atoms with E-state index in [9.17, 15) is 22.0 Å². The van der Waals surface area contributed by atoms with E-state index in [1.54, 1.807) is 12.1 Å². The topological polar surface area (TPSA) is 54.5 Å². The molecule has 0 unspecified atom stereocenters. The summed E-state index contributed by atoms with van der Waals surface area (Å²) in [5.41, 5.74) is 1.67. The number of carbonyl (C=O) groups excluding carboxylic acids is 1. The number of nitrogens with zero attached hydrogens (tertiary/aromatic N) is 1. The quantitative estimate of drug-likeness (QED) is 0.809. The van der Waals surface area contributed by atoms with Crippen molar-refractivity contribution in [2.45, 2.75) is 22.6 Å². The lowest BCUT2D eigenvalue weighted by Crippen LogP contribution is -2.25. The number of halogens is 2. The third-order valence-corrected chi connectivity index (χ3v) is 6.35. The fourth-order valence-electron chi connectivity index (χ4n) is 2.64. The number of carbonyl (C=O) groups is 1. The van der Waals surface area contributed by atoms with E-state index in [-0.39, 0.29) is 10.7 Å². The van der Waals surface area contributed by atoms with Crippen LogP contribution >= 0.6 is 11.8 Å². The van der Waals surface area contributed by atoms with Crippen molar-refractivity contribution >= 4 is 33.3 Å². The number of sulfonamides is 1. The van der Waals surface area contributed by atoms with Crippen molar-refractivity contribution in [3.8, 4) is 0 Å². The van der Waals surface area contributed by atoms with Crippen LogP contribution < -0.4 is 4.31 Å². The molecule has 0 atom stereocenters. The minimum Gasteiger partial charge on any atom is -0.294 e. The first-order valence-electron chi connectivity index (χ1n) is 7.44. The van der Waals surface area contributed by atoms with E-state index >= 15 is 0 Å². The van der Waals surface area contributed by atoms with Gasteiger partial charge in [-0.15, -0.1) is 0 Å². The summed E-state index contributed by atoms with van der Waals surface area (Å²) >= 11 is 0.962. The lowest BCUT2D eigenvalue weighted by molar-refractivity contribution is 0.0994. The highest BCUT2D eigenvalue weighted by atomic mass is 32.2. The van der Waals surface area contributed by atoms with E-state index in [0.717, 1.165) is 40.0 Å². The molecule has 2 aromatic rings. The molecule has 2 aromatic carbocycles. The Balaban J connectivity index is 2.13. The monoisotopic (exact) mass is 383 g/mol. The van der Waals surface area contributed by atoms with Gasteiger partial charge in [-0.05, 0) is 36.2 Å². The summed E-state index contributed by atoms with van der Waals surface area (Å²) in [6.07, 6.45) is 1.99. The minimum atomic E-state index is -3.54. The van der Waals surface area contributed by atoms with E-state index < -0.39 is 21.7 Å². The zero-order chi connectivity index (χ0) is 18.4. The van der Waals surface area contributed by atoms with Crippen molar-refractivity contribution in [2.75, 3.05) is 17.6 Å². The van der Waals surface area contributed by atoms with Crippen molar-refractivity contribution in [1.82, 2.24) is 0 Å². The maximum absolute atomic E-state index is 14.0. The number of aryl methyl sites for hydroxylation is 1. The number of rotatable bonds is 4. The fourth-order valence-corrected chi connectivity index (χ4v) is 4.22. The molecule has 0 heterocycles. The first-order valence-corrected chi connectivity index (χ1v) is 10.1. The summed E-state index contributed by atoms with van der Waals surface area (Å²) in [7, 11) is -2.14. The minimum absolute atomic E-state index is 0.0232. The molecule has 0 N–H and O–H groups in total. The highest BCUT2D eigenvalue weighted by Gasteiger charge is 2.25. The molecule has 4 nitrogen and oxygen atoms in total. The number of benzene rings is 2. The average Bonchev–Trinajstić information content (AvgIpc) is 2.88. The maximum Gasteiger partial charge on any atom is 0.232 e. The SMILES string of the molecule is CN(c1cc2c(cc1Sc1ccc(F)cc1F)C(=O)CC2)S(C)(=O)=O. The van der Waals surface area contributed by atoms with Gasteiger partial charge in [0.2, 0.25) is 10.0 Å². The molecule has 132 valence electrons. The fraction of sp³-hybridized carbons (Fsp3) is 0.235. The number of ketones is 1. The van der Waals surface area contributed by atoms with Gasteiger partial charge in [-0.1, -0.05) is 11.8 Å². The Morgan fingerprint density at radius 1 is 1.08 bits per heavy atom. The van der Waals surface area contributed by atoms with Crippen LogP contribution in [0.4, 0.5) is 14.5 Å². The summed E-state index contributed by atoms with van der Waals surface area (Å²) in [5, 5.41) is 0. The highest BCUT2D eigenvalue weighted by Crippen LogP contribution is 2.40. The Kier molecular flexibility index (Phi) is 4.59. The Morgan fingerprint density at radius 2 is 1.80 bits per heavy atom. The number of Topliss-reactive ketones (excluding diaryl/α,β-unsaturated/α-hetero) is 1. The van der Waals surface area contributed by atoms with E-state index in [1.807, 2.05) is 0 Å². The van der Waals surface area contributed by atoms with Crippen molar-refractivity contribution in [1.29, 1.82) is 0 Å². The summed E-state index contributed by atoms with van der Waals surface area (Å²) in [4.78, 5) is 12.6. The van der Waals surface area contributed by atoms with Crippen LogP contribution in [-0.2, 0) is 16.4 Å². The molecule has 1 aliphatic carbocycles. The third kappa shape index (κ3) is 3.55. The van der Waals surface area contributed by atoms with E-state index in [4.69, 9.17) is 0 Å². The van der Waals surface area contributed by atoms with Gasteiger partial charge in [0.05, 0.1) is 11.9 Å². The number of hydrogen-bond donors (Lipinski definition) is 0. The normalized spacial score (nSPS) is 13.8. The van der Waals surface area contributed by atoms with Crippen LogP contribution in [0.3, 0.4) is 0 Å². The second-order valence-corrected chi connectivity index (χ2v) is 8.91. The molecule has 0 saturated heterocycles. The van der Waals surface area contributed by atoms with Crippen molar-refractivity contribution in [3.05, 3.63) is 53.1 Å². The zero-order valence-electron chi connectivity index (χ0n) is 13.5. The maximum atomic E-state index is 14.0. The molecule has 0 radical (unpaired) electrons. The number of fused-ring (bicyclic) bond motifs is 1. The van der Waals surface area contributed by atoms with E-state index in [1.165, 1.54) is 13.1 Å². The van der Waals surface area contributed by atoms with Crippen molar-refractivity contribution < 1.29 is 22.0 Å². The van der Waals surface area contributed by atoms with E-state index in [0.29, 0.717) is 29.0 Å². The second-order valence-electron chi connectivity index (χ2n) is 5.81. The molecule has 0 fully saturated rings. The van der Waals surface area contributed by atoms with Crippen molar-refractivity contribution in [3.63, 3.8) is 0 Å². The Hall–Kier alpha value is -1.93. The van der Waals surface area contributed by atoms with Crippen LogP contribution in [-0.4, -0.2) is 27.5 Å². The Bertz CT molecular complexity index is 974. The average molecular weight is 383 g/mol. The summed E-state index contributed by atoms with van der Waals surface area (Å²) in [5.74, 6) is -1.46. The van der Waals surface area contributed by atoms with Gasteiger partial charge in [0.1, 0.15) is 11.6 Å². The lowest BCUT2D eigenvalue weighted by Gasteiger charge is -2.21. The number of anilines is 1. The third-order valence-electron chi connectivity index (χ3n) is 4.06. The van der Waals surface area contributed by atoms with Crippen LogP contribution in [0.2, 0.25) is 0 Å². The summed E-state index contributed by atoms with van der Waals surface area (Å²) in [6.45, 7) is 0. The summed E-state index contributed by atoms with van der Waals surface area (Å²) in [6, 6.07) is 6.43. The number of hydrogen-bond acceptors (Lipinski definition) is 4. The first-order chi connectivity index (χ1) is 11.7. The molecule has 0 saturated carbocycles. The van der Waals surface area contributed by atoms with Crippen LogP contribution in [0, 0.1) is 11.6 Å². The molecule has 3 rings (SSSR count). The molecule has 1 aliphatic rings. The van der Waals surface area contributed by atoms with Gasteiger partial charge < -0.3 is 0 Å². The second kappa shape index (κ2) is 6.42. The van der Waals surface area contributed by atoms with Crippen LogP contribution in [0.1, 0.15) is 22.3 Å². The van der Waals surface area contributed by atoms with Gasteiger partial charge in [0.25, 0.3) is 0 Å². The zero-order valence-corrected chi connectivity index (χ0v) is 15.2. The molecule has 0 amide bonds. The van der Waals surface area contributed by atoms with Crippen LogP contribution in [0.25, 0.3) is 0 Å². The predicted octanol–water partition coefficient (Wildman–Crippen LogP) is 3.64. The predicted molar refractivity (Wildman–Crippen MR) is 92.8 cm³/mol. The van der Waals surface area contributed by atoms with E-state index in [2.05, 4.69) is 0 Å². The molecule has 0 aliphatic heterocycles. The van der Waals surface area contributed by atoms with Gasteiger partial charge in [-0.2, -0.15) is 0 Å². The molecule has 25 heavy (non-hydrogen) atoms. The Labute approximate surface area is 148 Å². The lowest BCUT2D eigenvalue weighted by atomic mass is 10.1. The molecular weight excluding hydrogens is 368 g/mol. The van der Waals surface area contributed by atoms with Gasteiger partial charge in [-0.25, -0.2) is 17.2 Å². The van der Waals surface area contributed by atoms with Gasteiger partial charge in [0, 0.05) is 34.9 Å². The molecule has 0 spiro atoms. The molecule has 8 heteroatoms. The van der Waals surface area contributed by atoms with Gasteiger partial charge >= 0.3 is 0 Å². The standard InChI is InChI=1S/C17H15F2NO3S2/c1-20(25(2,22)23)14-7-10-3-5-15(21)12(10)9-17(14)24-16-6-4-11(18)8-13(16)19/h4,6-9H,3,5H2,1-2H3. The smallest absolute Gasteiger partial charge is 0.232 e. The molecule has 0 bridgehead atoms.